The van der Waals surface area contributed by atoms with Gasteiger partial charge in [-0.3, -0.25) is 4.79 Å². The zero-order chi connectivity index (χ0) is 13.3. The van der Waals surface area contributed by atoms with Gasteiger partial charge in [-0.25, -0.2) is 4.79 Å². The fourth-order valence-corrected chi connectivity index (χ4v) is 1.35. The van der Waals surface area contributed by atoms with Gasteiger partial charge in [-0.1, -0.05) is 6.92 Å². The fraction of sp³-hybridized carbons (Fsp3) is 0.818. The molecule has 1 unspecified atom stereocenters. The van der Waals surface area contributed by atoms with Gasteiger partial charge in [-0.2, -0.15) is 0 Å². The van der Waals surface area contributed by atoms with E-state index in [0.29, 0.717) is 13.0 Å². The Labute approximate surface area is 102 Å². The zero-order valence-corrected chi connectivity index (χ0v) is 10.8. The molecule has 0 aliphatic heterocycles. The van der Waals surface area contributed by atoms with E-state index in [4.69, 9.17) is 5.11 Å². The minimum absolute atomic E-state index is 0.182. The van der Waals surface area contributed by atoms with Crippen molar-refractivity contribution >= 4 is 12.0 Å². The van der Waals surface area contributed by atoms with E-state index in [1.807, 2.05) is 7.05 Å². The molecule has 0 aromatic rings. The summed E-state index contributed by atoms with van der Waals surface area (Å²) in [6.07, 6.45) is 1.38. The third-order valence-electron chi connectivity index (χ3n) is 2.61. The Balaban J connectivity index is 3.87. The number of rotatable bonds is 8. The molecule has 100 valence electrons. The summed E-state index contributed by atoms with van der Waals surface area (Å²) >= 11 is 0. The molecule has 1 atom stereocenters. The van der Waals surface area contributed by atoms with Crippen molar-refractivity contribution in [1.82, 2.24) is 15.5 Å². The molecule has 0 saturated carbocycles. The maximum atomic E-state index is 11.6. The second-order valence-corrected chi connectivity index (χ2v) is 4.01. The molecule has 0 aromatic heterocycles. The number of amides is 2. The number of hydrogen-bond acceptors (Lipinski definition) is 3. The summed E-state index contributed by atoms with van der Waals surface area (Å²) in [6.45, 7) is 3.48. The van der Waals surface area contributed by atoms with Crippen molar-refractivity contribution in [2.75, 3.05) is 33.7 Å². The van der Waals surface area contributed by atoms with E-state index < -0.39 is 11.9 Å². The minimum Gasteiger partial charge on any atom is -0.481 e. The molecule has 0 spiro atoms. The van der Waals surface area contributed by atoms with Crippen LogP contribution in [0, 0.1) is 5.92 Å². The van der Waals surface area contributed by atoms with Crippen molar-refractivity contribution < 1.29 is 14.7 Å². The van der Waals surface area contributed by atoms with Crippen LogP contribution in [0.4, 0.5) is 4.79 Å². The van der Waals surface area contributed by atoms with Gasteiger partial charge in [0.15, 0.2) is 0 Å². The van der Waals surface area contributed by atoms with Crippen LogP contribution in [0.15, 0.2) is 0 Å². The van der Waals surface area contributed by atoms with Gasteiger partial charge in [0.25, 0.3) is 0 Å². The number of nitrogens with one attached hydrogen (secondary N) is 2. The lowest BCUT2D eigenvalue weighted by atomic mass is 10.1. The average molecular weight is 245 g/mol. The van der Waals surface area contributed by atoms with Crippen molar-refractivity contribution in [3.63, 3.8) is 0 Å². The van der Waals surface area contributed by atoms with E-state index in [-0.39, 0.29) is 12.6 Å². The average Bonchev–Trinajstić information content (AvgIpc) is 2.29. The SMILES string of the molecule is CCC(CNC(=O)N(C)CCCNC)C(=O)O. The number of carboxylic acids is 1. The van der Waals surface area contributed by atoms with Crippen molar-refractivity contribution in [2.45, 2.75) is 19.8 Å². The molecule has 0 radical (unpaired) electrons. The van der Waals surface area contributed by atoms with Crippen molar-refractivity contribution in [1.29, 1.82) is 0 Å². The summed E-state index contributed by atoms with van der Waals surface area (Å²) < 4.78 is 0. The number of carbonyl (C=O) groups excluding carboxylic acids is 1. The van der Waals surface area contributed by atoms with Gasteiger partial charge in [-0.15, -0.1) is 0 Å². The second-order valence-electron chi connectivity index (χ2n) is 4.01. The third kappa shape index (κ3) is 6.78. The standard InChI is InChI=1S/C11H23N3O3/c1-4-9(10(15)16)8-13-11(17)14(3)7-5-6-12-2/h9,12H,4-8H2,1-3H3,(H,13,17)(H,15,16). The van der Waals surface area contributed by atoms with Crippen LogP contribution in [0.1, 0.15) is 19.8 Å². The summed E-state index contributed by atoms with van der Waals surface area (Å²) in [5, 5.41) is 14.5. The van der Waals surface area contributed by atoms with E-state index in [0.717, 1.165) is 13.0 Å². The quantitative estimate of drug-likeness (QED) is 0.539. The van der Waals surface area contributed by atoms with Gasteiger partial charge in [0.05, 0.1) is 5.92 Å². The van der Waals surface area contributed by atoms with Gasteiger partial charge >= 0.3 is 12.0 Å². The number of carbonyl (C=O) groups is 2. The van der Waals surface area contributed by atoms with Gasteiger partial charge in [0, 0.05) is 20.1 Å². The topological polar surface area (TPSA) is 81.7 Å². The highest BCUT2D eigenvalue weighted by atomic mass is 16.4. The van der Waals surface area contributed by atoms with E-state index in [9.17, 15) is 9.59 Å². The van der Waals surface area contributed by atoms with Gasteiger partial charge in [0.2, 0.25) is 0 Å². The number of nitrogens with zero attached hydrogens (tertiary/aromatic N) is 1. The third-order valence-corrected chi connectivity index (χ3v) is 2.61. The molecule has 0 bridgehead atoms. The summed E-state index contributed by atoms with van der Waals surface area (Å²) in [7, 11) is 3.56. The van der Waals surface area contributed by atoms with Crippen LogP contribution in [0.25, 0.3) is 0 Å². The molecule has 2 amide bonds. The molecule has 6 nitrogen and oxygen atoms in total. The Kier molecular flexibility index (Phi) is 8.13. The predicted molar refractivity (Wildman–Crippen MR) is 66.0 cm³/mol. The van der Waals surface area contributed by atoms with Crippen LogP contribution in [-0.4, -0.2) is 55.7 Å². The maximum Gasteiger partial charge on any atom is 0.317 e. The van der Waals surface area contributed by atoms with Gasteiger partial charge in [-0.05, 0) is 26.4 Å². The molecule has 0 aromatic carbocycles. The molecule has 0 saturated heterocycles. The molecule has 0 heterocycles. The molecule has 0 aliphatic carbocycles. The van der Waals surface area contributed by atoms with Crippen LogP contribution in [0.3, 0.4) is 0 Å². The monoisotopic (exact) mass is 245 g/mol. The Morgan fingerprint density at radius 3 is 2.53 bits per heavy atom. The van der Waals surface area contributed by atoms with Crippen LogP contribution in [-0.2, 0) is 4.79 Å². The van der Waals surface area contributed by atoms with Gasteiger partial charge in [0.1, 0.15) is 0 Å². The summed E-state index contributed by atoms with van der Waals surface area (Å²) in [6, 6.07) is -0.221. The van der Waals surface area contributed by atoms with Crippen molar-refractivity contribution in [3.8, 4) is 0 Å². The first-order chi connectivity index (χ1) is 8.02. The number of aliphatic carboxylic acids is 1. The Hall–Kier alpha value is -1.30. The molecule has 0 aliphatic rings. The molecule has 0 rings (SSSR count). The van der Waals surface area contributed by atoms with Gasteiger partial charge < -0.3 is 20.6 Å². The number of hydrogen-bond donors (Lipinski definition) is 3. The van der Waals surface area contributed by atoms with Crippen LogP contribution in [0.2, 0.25) is 0 Å². The van der Waals surface area contributed by atoms with E-state index in [2.05, 4.69) is 10.6 Å². The van der Waals surface area contributed by atoms with Crippen LogP contribution >= 0.6 is 0 Å². The summed E-state index contributed by atoms with van der Waals surface area (Å²) in [4.78, 5) is 23.9. The van der Waals surface area contributed by atoms with Crippen molar-refractivity contribution in [3.05, 3.63) is 0 Å². The second kappa shape index (κ2) is 8.81. The normalized spacial score (nSPS) is 11.9. The summed E-state index contributed by atoms with van der Waals surface area (Å²) in [5.41, 5.74) is 0. The zero-order valence-electron chi connectivity index (χ0n) is 10.8. The molecule has 0 fully saturated rings. The smallest absolute Gasteiger partial charge is 0.317 e. The molecule has 6 heteroatoms. The van der Waals surface area contributed by atoms with Crippen molar-refractivity contribution in [2.24, 2.45) is 5.92 Å². The lowest BCUT2D eigenvalue weighted by molar-refractivity contribution is -0.141. The largest absolute Gasteiger partial charge is 0.481 e. The van der Waals surface area contributed by atoms with E-state index in [1.54, 1.807) is 18.9 Å². The Bertz CT molecular complexity index is 246. The van der Waals surface area contributed by atoms with E-state index in [1.165, 1.54) is 0 Å². The highest BCUT2D eigenvalue weighted by Crippen LogP contribution is 2.00. The Morgan fingerprint density at radius 1 is 1.41 bits per heavy atom. The summed E-state index contributed by atoms with van der Waals surface area (Å²) in [5.74, 6) is -1.38. The lowest BCUT2D eigenvalue weighted by Crippen LogP contribution is -2.41. The number of carboxylic acid groups (broad SMARTS) is 1. The first kappa shape index (κ1) is 15.7. The Morgan fingerprint density at radius 2 is 2.06 bits per heavy atom. The fourth-order valence-electron chi connectivity index (χ4n) is 1.35. The molecule has 3 N–H and O–H groups in total. The lowest BCUT2D eigenvalue weighted by Gasteiger charge is -2.19. The molecular formula is C11H23N3O3. The van der Waals surface area contributed by atoms with E-state index >= 15 is 0 Å². The molecule has 17 heavy (non-hydrogen) atoms. The van der Waals surface area contributed by atoms with Crippen LogP contribution < -0.4 is 10.6 Å². The predicted octanol–water partition coefficient (Wildman–Crippen LogP) is 0.348. The first-order valence-electron chi connectivity index (χ1n) is 5.89. The number of urea groups is 1. The highest BCUT2D eigenvalue weighted by Gasteiger charge is 2.16. The first-order valence-corrected chi connectivity index (χ1v) is 5.89. The highest BCUT2D eigenvalue weighted by molar-refractivity contribution is 5.75. The maximum absolute atomic E-state index is 11.6. The molecular weight excluding hydrogens is 222 g/mol. The van der Waals surface area contributed by atoms with Crippen LogP contribution in [0.5, 0.6) is 0 Å². The minimum atomic E-state index is -0.870.